The third-order valence-electron chi connectivity index (χ3n) is 5.30. The summed E-state index contributed by atoms with van der Waals surface area (Å²) < 4.78 is 0. The van der Waals surface area contributed by atoms with Gasteiger partial charge in [-0.15, -0.1) is 0 Å². The molecule has 1 atom stereocenters. The molecule has 3 aliphatic rings. The van der Waals surface area contributed by atoms with Crippen molar-refractivity contribution < 1.29 is 14.4 Å². The summed E-state index contributed by atoms with van der Waals surface area (Å²) in [5, 5.41) is 8.83. The average molecular weight is 366 g/mol. The van der Waals surface area contributed by atoms with Crippen LogP contribution in [0.1, 0.15) is 34.3 Å². The van der Waals surface area contributed by atoms with Crippen molar-refractivity contribution in [1.29, 1.82) is 0 Å². The van der Waals surface area contributed by atoms with E-state index in [9.17, 15) is 14.4 Å². The van der Waals surface area contributed by atoms with Gasteiger partial charge in [-0.05, 0) is 23.6 Å². The number of amides is 3. The maximum Gasteiger partial charge on any atom is 0.255 e. The molecule has 0 saturated carbocycles. The summed E-state index contributed by atoms with van der Waals surface area (Å²) >= 11 is 0. The second-order valence-corrected chi connectivity index (χ2v) is 7.12. The minimum atomic E-state index is -0.578. The largest absolute Gasteiger partial charge is 0.322 e. The van der Waals surface area contributed by atoms with Crippen LogP contribution in [-0.2, 0) is 22.7 Å². The molecule has 1 aromatic carbocycles. The molecule has 0 aromatic heterocycles. The monoisotopic (exact) mass is 366 g/mol. The van der Waals surface area contributed by atoms with Gasteiger partial charge in [0.25, 0.3) is 5.91 Å². The predicted octanol–water partition coefficient (Wildman–Crippen LogP) is -0.240. The quantitative estimate of drug-likeness (QED) is 0.389. The molecule has 1 unspecified atom stereocenters. The number of benzene rings is 1. The van der Waals surface area contributed by atoms with E-state index in [-0.39, 0.29) is 24.1 Å². The summed E-state index contributed by atoms with van der Waals surface area (Å²) in [6, 6.07) is 5.09. The van der Waals surface area contributed by atoms with Gasteiger partial charge in [0.15, 0.2) is 0 Å². The molecule has 3 N–H and O–H groups in total. The molecule has 2 saturated heterocycles. The van der Waals surface area contributed by atoms with Crippen molar-refractivity contribution in [1.82, 2.24) is 20.9 Å². The van der Waals surface area contributed by atoms with Gasteiger partial charge in [0.1, 0.15) is 6.04 Å². The van der Waals surface area contributed by atoms with Gasteiger partial charge in [0.2, 0.25) is 11.8 Å². The highest BCUT2D eigenvalue weighted by Crippen LogP contribution is 2.29. The zero-order valence-electron chi connectivity index (χ0n) is 15.0. The Bertz CT molecular complexity index is 851. The zero-order chi connectivity index (χ0) is 18.8. The highest BCUT2D eigenvalue weighted by molar-refractivity contribution is 6.05. The minimum absolute atomic E-state index is 0.140. The Kier molecular flexibility index (Phi) is 4.92. The highest BCUT2D eigenvalue weighted by Gasteiger charge is 2.39. The van der Waals surface area contributed by atoms with E-state index in [0.29, 0.717) is 37.5 Å². The van der Waals surface area contributed by atoms with Crippen molar-refractivity contribution >= 4 is 17.7 Å². The Labute approximate surface area is 157 Å². The Morgan fingerprint density at radius 3 is 2.81 bits per heavy atom. The second-order valence-electron chi connectivity index (χ2n) is 7.12. The number of nitrogens with one attached hydrogen (secondary N) is 3. The zero-order valence-corrected chi connectivity index (χ0v) is 15.0. The van der Waals surface area contributed by atoms with Crippen LogP contribution in [0.4, 0.5) is 0 Å². The van der Waals surface area contributed by atoms with Gasteiger partial charge in [0.05, 0.1) is 6.54 Å². The Balaban J connectivity index is 1.41. The number of imide groups is 1. The Morgan fingerprint density at radius 1 is 1.22 bits per heavy atom. The Hall–Kier alpha value is -2.69. The third-order valence-corrected chi connectivity index (χ3v) is 5.30. The van der Waals surface area contributed by atoms with Crippen molar-refractivity contribution in [2.45, 2.75) is 32.0 Å². The van der Waals surface area contributed by atoms with Crippen LogP contribution in [-0.4, -0.2) is 48.3 Å². The van der Waals surface area contributed by atoms with Crippen molar-refractivity contribution in [2.75, 3.05) is 19.6 Å². The third kappa shape index (κ3) is 3.59. The summed E-state index contributed by atoms with van der Waals surface area (Å²) in [5.41, 5.74) is 2.64. The van der Waals surface area contributed by atoms with E-state index in [2.05, 4.69) is 27.8 Å². The van der Waals surface area contributed by atoms with Gasteiger partial charge in [-0.2, -0.15) is 0 Å². The molecule has 0 bridgehead atoms. The molecule has 2 fully saturated rings. The molecule has 1 aromatic rings. The first-order valence-electron chi connectivity index (χ1n) is 9.28. The average Bonchev–Trinajstić information content (AvgIpc) is 2.94. The van der Waals surface area contributed by atoms with Gasteiger partial charge in [-0.1, -0.05) is 24.0 Å². The lowest BCUT2D eigenvalue weighted by Gasteiger charge is -2.29. The molecule has 7 heteroatoms. The number of fused-ring (bicyclic) bond motifs is 1. The summed E-state index contributed by atoms with van der Waals surface area (Å²) in [5.74, 6) is 6.02. The topological polar surface area (TPSA) is 90.5 Å². The minimum Gasteiger partial charge on any atom is -0.322 e. The van der Waals surface area contributed by atoms with E-state index in [4.69, 9.17) is 0 Å². The highest BCUT2D eigenvalue weighted by atomic mass is 16.2. The molecule has 3 aliphatic heterocycles. The molecular formula is C20H22N4O3. The molecule has 0 radical (unpaired) electrons. The summed E-state index contributed by atoms with van der Waals surface area (Å²) in [6.45, 7) is 3.56. The van der Waals surface area contributed by atoms with E-state index in [1.807, 2.05) is 12.1 Å². The van der Waals surface area contributed by atoms with Crippen LogP contribution in [0.3, 0.4) is 0 Å². The molecule has 4 rings (SSSR count). The smallest absolute Gasteiger partial charge is 0.255 e. The van der Waals surface area contributed by atoms with Crippen molar-refractivity contribution in [3.63, 3.8) is 0 Å². The molecule has 3 amide bonds. The summed E-state index contributed by atoms with van der Waals surface area (Å²) in [7, 11) is 0. The second kappa shape index (κ2) is 7.51. The lowest BCUT2D eigenvalue weighted by atomic mass is 10.0. The summed E-state index contributed by atoms with van der Waals surface area (Å²) in [6.07, 6.45) is 0.643. The van der Waals surface area contributed by atoms with E-state index in [1.165, 1.54) is 0 Å². The number of carbonyl (C=O) groups excluding carboxylic acids is 3. The van der Waals surface area contributed by atoms with E-state index in [1.54, 1.807) is 11.0 Å². The summed E-state index contributed by atoms with van der Waals surface area (Å²) in [4.78, 5) is 37.9. The van der Waals surface area contributed by atoms with Crippen molar-refractivity contribution in [3.05, 3.63) is 34.9 Å². The van der Waals surface area contributed by atoms with Crippen molar-refractivity contribution in [2.24, 2.45) is 5.92 Å². The van der Waals surface area contributed by atoms with Crippen LogP contribution in [0, 0.1) is 17.8 Å². The molecular weight excluding hydrogens is 344 g/mol. The van der Waals surface area contributed by atoms with E-state index < -0.39 is 6.04 Å². The first-order valence-corrected chi connectivity index (χ1v) is 9.28. The van der Waals surface area contributed by atoms with Gasteiger partial charge in [0, 0.05) is 44.1 Å². The van der Waals surface area contributed by atoms with Crippen LogP contribution >= 0.6 is 0 Å². The molecule has 140 valence electrons. The fourth-order valence-corrected chi connectivity index (χ4v) is 3.66. The number of hydrogen-bond acceptors (Lipinski definition) is 5. The van der Waals surface area contributed by atoms with Gasteiger partial charge < -0.3 is 15.5 Å². The van der Waals surface area contributed by atoms with Crippen LogP contribution in [0.5, 0.6) is 0 Å². The molecule has 0 aliphatic carbocycles. The van der Waals surface area contributed by atoms with Crippen LogP contribution < -0.4 is 16.0 Å². The maximum atomic E-state index is 12.8. The molecule has 27 heavy (non-hydrogen) atoms. The van der Waals surface area contributed by atoms with Gasteiger partial charge in [-0.25, -0.2) is 0 Å². The predicted molar refractivity (Wildman–Crippen MR) is 98.3 cm³/mol. The lowest BCUT2D eigenvalue weighted by Crippen LogP contribution is -2.52. The standard InChI is InChI=1S/C20H22N4O3/c25-18-7-6-17(19(26)23-18)24-12-16-14(4-1-5-15(16)20(24)27)11-21-8-2-3-13-9-22-10-13/h1,4-5,13,17,21-22H,6-12H2,(H,23,25,26). The van der Waals surface area contributed by atoms with Gasteiger partial charge >= 0.3 is 0 Å². The number of piperidine rings is 1. The molecule has 7 nitrogen and oxygen atoms in total. The maximum absolute atomic E-state index is 12.8. The van der Waals surface area contributed by atoms with E-state index >= 15 is 0 Å². The first-order chi connectivity index (χ1) is 13.1. The van der Waals surface area contributed by atoms with Crippen LogP contribution in [0.2, 0.25) is 0 Å². The fraction of sp³-hybridized carbons (Fsp3) is 0.450. The molecule has 3 heterocycles. The van der Waals surface area contributed by atoms with E-state index in [0.717, 1.165) is 24.2 Å². The van der Waals surface area contributed by atoms with Crippen LogP contribution in [0.15, 0.2) is 18.2 Å². The fourth-order valence-electron chi connectivity index (χ4n) is 3.66. The molecule has 0 spiro atoms. The number of carbonyl (C=O) groups is 3. The normalized spacial score (nSPS) is 22.0. The SMILES string of the molecule is O=C1CCC(N2Cc3c(CNCC#CC4CNC4)cccc3C2=O)C(=O)N1. The first kappa shape index (κ1) is 17.7. The lowest BCUT2D eigenvalue weighted by molar-refractivity contribution is -0.136. The van der Waals surface area contributed by atoms with Crippen molar-refractivity contribution in [3.8, 4) is 11.8 Å². The number of rotatable bonds is 4. The number of hydrogen-bond donors (Lipinski definition) is 3. The Morgan fingerprint density at radius 2 is 2.07 bits per heavy atom. The number of nitrogens with zero attached hydrogens (tertiary/aromatic N) is 1. The van der Waals surface area contributed by atoms with Crippen LogP contribution in [0.25, 0.3) is 0 Å². The van der Waals surface area contributed by atoms with Gasteiger partial charge in [-0.3, -0.25) is 19.7 Å².